The molecule has 2 N–H and O–H groups in total. The smallest absolute Gasteiger partial charge is 0.162 e. The van der Waals surface area contributed by atoms with Crippen LogP contribution in [0.25, 0.3) is 0 Å². The summed E-state index contributed by atoms with van der Waals surface area (Å²) in [5.41, 5.74) is 11.2. The molecule has 0 amide bonds. The number of ketones is 1. The molecule has 4 rings (SSSR count). The summed E-state index contributed by atoms with van der Waals surface area (Å²) < 4.78 is 0. The van der Waals surface area contributed by atoms with Gasteiger partial charge in [0.1, 0.15) is 5.82 Å². The molecule has 0 radical (unpaired) electrons. The van der Waals surface area contributed by atoms with E-state index in [1.807, 2.05) is 35.2 Å². The van der Waals surface area contributed by atoms with E-state index in [9.17, 15) is 10.1 Å². The highest BCUT2D eigenvalue weighted by Crippen LogP contribution is 2.50. The Labute approximate surface area is 207 Å². The molecule has 2 aromatic carbocycles. The van der Waals surface area contributed by atoms with Crippen LogP contribution < -0.4 is 15.5 Å². The van der Waals surface area contributed by atoms with Gasteiger partial charge in [0.15, 0.2) is 5.78 Å². The summed E-state index contributed by atoms with van der Waals surface area (Å²) in [4.78, 5) is 17.7. The number of rotatable bonds is 5. The number of hydrogen-bond donors (Lipinski definition) is 1. The molecule has 1 aliphatic heterocycles. The van der Waals surface area contributed by atoms with E-state index in [0.29, 0.717) is 34.8 Å². The van der Waals surface area contributed by atoms with Crippen LogP contribution in [0.5, 0.6) is 0 Å². The van der Waals surface area contributed by atoms with Crippen LogP contribution in [0.15, 0.2) is 71.2 Å². The van der Waals surface area contributed by atoms with Crippen LogP contribution in [-0.2, 0) is 4.79 Å². The number of nitriles is 1. The maximum atomic E-state index is 13.6. The molecule has 2 aliphatic rings. The van der Waals surface area contributed by atoms with Gasteiger partial charge in [-0.2, -0.15) is 5.26 Å². The van der Waals surface area contributed by atoms with Crippen molar-refractivity contribution in [2.24, 2.45) is 11.1 Å². The molecule has 1 atom stereocenters. The first-order valence-electron chi connectivity index (χ1n) is 11.8. The first-order valence-corrected chi connectivity index (χ1v) is 12.1. The van der Waals surface area contributed by atoms with Gasteiger partial charge in [0.25, 0.3) is 0 Å². The summed E-state index contributed by atoms with van der Waals surface area (Å²) in [5.74, 6) is -0.0621. The summed E-state index contributed by atoms with van der Waals surface area (Å²) in [6.45, 7) is 10.3. The van der Waals surface area contributed by atoms with Gasteiger partial charge in [0, 0.05) is 47.2 Å². The third kappa shape index (κ3) is 4.19. The zero-order valence-electron chi connectivity index (χ0n) is 20.2. The number of carbonyl (C=O) groups is 1. The van der Waals surface area contributed by atoms with E-state index in [1.165, 1.54) is 0 Å². The van der Waals surface area contributed by atoms with Gasteiger partial charge >= 0.3 is 0 Å². The molecule has 5 nitrogen and oxygen atoms in total. The highest BCUT2D eigenvalue weighted by molar-refractivity contribution is 6.30. The molecule has 0 spiro atoms. The number of carbonyl (C=O) groups excluding carboxylic acids is 1. The van der Waals surface area contributed by atoms with Gasteiger partial charge < -0.3 is 10.6 Å². The zero-order valence-corrected chi connectivity index (χ0v) is 21.0. The summed E-state index contributed by atoms with van der Waals surface area (Å²) in [7, 11) is 0. The van der Waals surface area contributed by atoms with E-state index >= 15 is 0 Å². The average molecular weight is 475 g/mol. The van der Waals surface area contributed by atoms with Gasteiger partial charge in [-0.25, -0.2) is 0 Å². The number of halogens is 1. The van der Waals surface area contributed by atoms with Crippen molar-refractivity contribution in [2.75, 3.05) is 22.9 Å². The molecule has 176 valence electrons. The fourth-order valence-electron chi connectivity index (χ4n) is 5.22. The normalized spacial score (nSPS) is 19.7. The second kappa shape index (κ2) is 9.19. The lowest BCUT2D eigenvalue weighted by Gasteiger charge is -2.43. The topological polar surface area (TPSA) is 73.4 Å². The molecule has 0 unspecified atom stereocenters. The number of nitrogens with zero attached hydrogens (tertiary/aromatic N) is 3. The minimum atomic E-state index is -0.482. The average Bonchev–Trinajstić information content (AvgIpc) is 2.79. The van der Waals surface area contributed by atoms with Crippen molar-refractivity contribution < 1.29 is 4.79 Å². The van der Waals surface area contributed by atoms with E-state index in [0.717, 1.165) is 35.7 Å². The van der Waals surface area contributed by atoms with Gasteiger partial charge in [-0.05, 0) is 61.6 Å². The third-order valence-electron chi connectivity index (χ3n) is 6.80. The van der Waals surface area contributed by atoms with Crippen molar-refractivity contribution in [1.82, 2.24) is 0 Å². The molecule has 6 heteroatoms. The molecule has 1 heterocycles. The SMILES string of the molecule is CCN(CC)c1ccc([C@H]2C(C#N)=C(N)N(c3cccc(Cl)c3)C3=C2C(=O)CC(C)(C)C3)cc1. The second-order valence-electron chi connectivity index (χ2n) is 9.72. The summed E-state index contributed by atoms with van der Waals surface area (Å²) in [6.07, 6.45) is 1.11. The van der Waals surface area contributed by atoms with Crippen LogP contribution in [0.4, 0.5) is 11.4 Å². The lowest BCUT2D eigenvalue weighted by Crippen LogP contribution is -2.42. The van der Waals surface area contributed by atoms with E-state index in [4.69, 9.17) is 17.3 Å². The Morgan fingerprint density at radius 1 is 1.15 bits per heavy atom. The van der Waals surface area contributed by atoms with Gasteiger partial charge in [0.2, 0.25) is 0 Å². The van der Waals surface area contributed by atoms with E-state index < -0.39 is 5.92 Å². The summed E-state index contributed by atoms with van der Waals surface area (Å²) in [5, 5.41) is 10.8. The molecule has 2 aromatic rings. The van der Waals surface area contributed by atoms with Crippen LogP contribution >= 0.6 is 11.6 Å². The van der Waals surface area contributed by atoms with Gasteiger partial charge in [-0.1, -0.05) is 43.6 Å². The van der Waals surface area contributed by atoms with E-state index in [-0.39, 0.29) is 11.2 Å². The Balaban J connectivity index is 1.92. The van der Waals surface area contributed by atoms with E-state index in [2.05, 4.69) is 50.8 Å². The predicted molar refractivity (Wildman–Crippen MR) is 139 cm³/mol. The van der Waals surface area contributed by atoms with Gasteiger partial charge in [0.05, 0.1) is 17.6 Å². The second-order valence-corrected chi connectivity index (χ2v) is 10.2. The number of allylic oxidation sites excluding steroid dienone is 3. The largest absolute Gasteiger partial charge is 0.384 e. The fourth-order valence-corrected chi connectivity index (χ4v) is 5.40. The Bertz CT molecular complexity index is 1220. The minimum Gasteiger partial charge on any atom is -0.384 e. The Morgan fingerprint density at radius 3 is 2.41 bits per heavy atom. The molecule has 34 heavy (non-hydrogen) atoms. The zero-order chi connectivity index (χ0) is 24.6. The van der Waals surface area contributed by atoms with Crippen LogP contribution in [0.1, 0.15) is 52.0 Å². The van der Waals surface area contributed by atoms with Crippen molar-refractivity contribution >= 4 is 28.8 Å². The summed E-state index contributed by atoms with van der Waals surface area (Å²) in [6, 6.07) is 17.9. The van der Waals surface area contributed by atoms with E-state index in [1.54, 1.807) is 6.07 Å². The number of Topliss-reactive ketones (excluding diaryl/α,β-unsaturated/α-hetero) is 1. The van der Waals surface area contributed by atoms with Gasteiger partial charge in [-0.15, -0.1) is 0 Å². The highest BCUT2D eigenvalue weighted by atomic mass is 35.5. The van der Waals surface area contributed by atoms with Crippen LogP contribution in [0.3, 0.4) is 0 Å². The van der Waals surface area contributed by atoms with Gasteiger partial charge in [-0.3, -0.25) is 9.69 Å². The number of nitrogens with two attached hydrogens (primary N) is 1. The number of benzene rings is 2. The van der Waals surface area contributed by atoms with Crippen LogP contribution in [-0.4, -0.2) is 18.9 Å². The molecular weight excluding hydrogens is 444 g/mol. The lowest BCUT2D eigenvalue weighted by molar-refractivity contribution is -0.118. The summed E-state index contributed by atoms with van der Waals surface area (Å²) >= 11 is 6.30. The lowest BCUT2D eigenvalue weighted by atomic mass is 9.68. The molecular formula is C28H31ClN4O. The quantitative estimate of drug-likeness (QED) is 0.564. The first kappa shape index (κ1) is 23.9. The molecule has 1 aliphatic carbocycles. The Hall–Kier alpha value is -3.23. The van der Waals surface area contributed by atoms with Crippen molar-refractivity contribution in [1.29, 1.82) is 5.26 Å². The first-order chi connectivity index (χ1) is 16.2. The van der Waals surface area contributed by atoms with Crippen LogP contribution in [0, 0.1) is 16.7 Å². The molecule has 0 saturated carbocycles. The molecule has 0 fully saturated rings. The maximum absolute atomic E-state index is 13.6. The number of hydrogen-bond acceptors (Lipinski definition) is 5. The van der Waals surface area contributed by atoms with Crippen molar-refractivity contribution in [3.8, 4) is 6.07 Å². The Morgan fingerprint density at radius 2 is 1.82 bits per heavy atom. The Kier molecular flexibility index (Phi) is 6.47. The van der Waals surface area contributed by atoms with Crippen molar-refractivity contribution in [2.45, 2.75) is 46.5 Å². The monoisotopic (exact) mass is 474 g/mol. The molecule has 0 bridgehead atoms. The van der Waals surface area contributed by atoms with Crippen LogP contribution in [0.2, 0.25) is 5.02 Å². The minimum absolute atomic E-state index is 0.0661. The third-order valence-corrected chi connectivity index (χ3v) is 7.04. The van der Waals surface area contributed by atoms with Crippen molar-refractivity contribution in [3.05, 3.63) is 81.8 Å². The predicted octanol–water partition coefficient (Wildman–Crippen LogP) is 6.13. The highest BCUT2D eigenvalue weighted by Gasteiger charge is 2.44. The fraction of sp³-hybridized carbons (Fsp3) is 0.357. The maximum Gasteiger partial charge on any atom is 0.162 e. The van der Waals surface area contributed by atoms with Crippen molar-refractivity contribution in [3.63, 3.8) is 0 Å². The standard InChI is InChI=1S/C28H31ClN4O/c1-5-32(6-2)20-12-10-18(11-13-20)25-22(17-30)27(31)33(21-9-7-8-19(29)14-21)23-15-28(3,4)16-24(34)26(23)25/h7-14,25H,5-6,15-16,31H2,1-4H3/t25-/m0/s1. The molecule has 0 aromatic heterocycles. The number of anilines is 2. The molecule has 0 saturated heterocycles.